The molecule has 0 unspecified atom stereocenters. The third kappa shape index (κ3) is 2.11. The van der Waals surface area contributed by atoms with Crippen molar-refractivity contribution >= 4 is 28.5 Å². The molecule has 1 aromatic carbocycles. The van der Waals surface area contributed by atoms with Crippen molar-refractivity contribution < 1.29 is 14.3 Å². The molecule has 1 heterocycles. The van der Waals surface area contributed by atoms with Gasteiger partial charge in [-0.15, -0.1) is 0 Å². The van der Waals surface area contributed by atoms with Crippen LogP contribution in [0.5, 0.6) is 5.88 Å². The first-order chi connectivity index (χ1) is 8.56. The van der Waals surface area contributed by atoms with Gasteiger partial charge in [-0.2, -0.15) is 0 Å². The van der Waals surface area contributed by atoms with Gasteiger partial charge in [-0.1, -0.05) is 11.6 Å². The Morgan fingerprint density at radius 1 is 1.28 bits per heavy atom. The number of ether oxygens (including phenoxy) is 2. The van der Waals surface area contributed by atoms with Gasteiger partial charge >= 0.3 is 5.97 Å². The predicted octanol–water partition coefficient (Wildman–Crippen LogP) is 2.99. The van der Waals surface area contributed by atoms with Gasteiger partial charge < -0.3 is 9.47 Å². The first kappa shape index (κ1) is 12.6. The van der Waals surface area contributed by atoms with Crippen molar-refractivity contribution in [2.24, 2.45) is 0 Å². The summed E-state index contributed by atoms with van der Waals surface area (Å²) in [7, 11) is 2.78. The number of hydrogen-bond acceptors (Lipinski definition) is 4. The van der Waals surface area contributed by atoms with Gasteiger partial charge in [0.1, 0.15) is 5.56 Å². The molecule has 5 heteroatoms. The van der Waals surface area contributed by atoms with Gasteiger partial charge in [-0.25, -0.2) is 9.78 Å². The average Bonchev–Trinajstić information content (AvgIpc) is 2.36. The molecule has 0 aliphatic rings. The minimum absolute atomic E-state index is 0.250. The first-order valence-corrected chi connectivity index (χ1v) is 5.68. The van der Waals surface area contributed by atoms with Crippen molar-refractivity contribution in [2.75, 3.05) is 14.2 Å². The van der Waals surface area contributed by atoms with Gasteiger partial charge in [0.15, 0.2) is 0 Å². The zero-order valence-electron chi connectivity index (χ0n) is 10.3. The second kappa shape index (κ2) is 4.82. The lowest BCUT2D eigenvalue weighted by molar-refractivity contribution is 0.0596. The smallest absolute Gasteiger partial charge is 0.343 e. The predicted molar refractivity (Wildman–Crippen MR) is 69.4 cm³/mol. The summed E-state index contributed by atoms with van der Waals surface area (Å²) in [4.78, 5) is 16.0. The maximum absolute atomic E-state index is 11.6. The van der Waals surface area contributed by atoms with Crippen molar-refractivity contribution in [3.63, 3.8) is 0 Å². The molecule has 0 spiro atoms. The Morgan fingerprint density at radius 3 is 2.61 bits per heavy atom. The summed E-state index contributed by atoms with van der Waals surface area (Å²) in [5, 5.41) is 1.38. The Labute approximate surface area is 109 Å². The van der Waals surface area contributed by atoms with Crippen LogP contribution in [0.25, 0.3) is 10.9 Å². The highest BCUT2D eigenvalue weighted by molar-refractivity contribution is 6.31. The molecule has 0 amide bonds. The van der Waals surface area contributed by atoms with E-state index in [-0.39, 0.29) is 11.4 Å². The molecule has 18 heavy (non-hydrogen) atoms. The fourth-order valence-corrected chi connectivity index (χ4v) is 2.10. The van der Waals surface area contributed by atoms with Crippen LogP contribution in [0, 0.1) is 6.92 Å². The molecule has 0 fully saturated rings. The fourth-order valence-electron chi connectivity index (χ4n) is 1.81. The van der Waals surface area contributed by atoms with Crippen LogP contribution in [0.15, 0.2) is 18.2 Å². The van der Waals surface area contributed by atoms with Gasteiger partial charge in [0, 0.05) is 10.4 Å². The van der Waals surface area contributed by atoms with E-state index in [0.717, 1.165) is 16.5 Å². The van der Waals surface area contributed by atoms with Crippen LogP contribution in [0.3, 0.4) is 0 Å². The summed E-state index contributed by atoms with van der Waals surface area (Å²) in [6.07, 6.45) is 0. The van der Waals surface area contributed by atoms with E-state index in [0.29, 0.717) is 5.02 Å². The monoisotopic (exact) mass is 265 g/mol. The Kier molecular flexibility index (Phi) is 3.39. The number of esters is 1. The highest BCUT2D eigenvalue weighted by atomic mass is 35.5. The summed E-state index contributed by atoms with van der Waals surface area (Å²) >= 11 is 5.99. The van der Waals surface area contributed by atoms with Gasteiger partial charge in [-0.05, 0) is 30.7 Å². The van der Waals surface area contributed by atoms with Gasteiger partial charge in [0.05, 0.1) is 19.7 Å². The van der Waals surface area contributed by atoms with Crippen LogP contribution in [-0.2, 0) is 4.74 Å². The fraction of sp³-hybridized carbons (Fsp3) is 0.231. The Balaban J connectivity index is 2.77. The number of rotatable bonds is 2. The number of pyridine rings is 1. The normalized spacial score (nSPS) is 10.4. The number of aromatic nitrogens is 1. The van der Waals surface area contributed by atoms with Gasteiger partial charge in [0.2, 0.25) is 5.88 Å². The number of fused-ring (bicyclic) bond motifs is 1. The number of nitrogens with zero attached hydrogens (tertiary/aromatic N) is 1. The Hall–Kier alpha value is -1.81. The summed E-state index contributed by atoms with van der Waals surface area (Å²) in [5.41, 5.74) is 1.96. The molecule has 1 aromatic heterocycles. The third-order valence-electron chi connectivity index (χ3n) is 2.64. The number of carbonyl (C=O) groups excluding carboxylic acids is 1. The summed E-state index contributed by atoms with van der Waals surface area (Å²) in [6.45, 7) is 1.90. The standard InChI is InChI=1S/C13H12ClNO3/c1-7-4-9(14)5-8-6-10(13(16)18-3)12(17-2)15-11(7)8/h4-6H,1-3H3. The lowest BCUT2D eigenvalue weighted by Gasteiger charge is -2.09. The van der Waals surface area contributed by atoms with Crippen LogP contribution < -0.4 is 4.74 Å². The summed E-state index contributed by atoms with van der Waals surface area (Å²) in [5.74, 6) is -0.237. The molecule has 0 aliphatic carbocycles. The van der Waals surface area contributed by atoms with Crippen LogP contribution >= 0.6 is 11.6 Å². The van der Waals surface area contributed by atoms with Crippen LogP contribution in [0.4, 0.5) is 0 Å². The molecular weight excluding hydrogens is 254 g/mol. The molecular formula is C13H12ClNO3. The van der Waals surface area contributed by atoms with E-state index in [4.69, 9.17) is 21.1 Å². The second-order valence-corrected chi connectivity index (χ2v) is 4.27. The maximum atomic E-state index is 11.6. The van der Waals surface area contributed by atoms with E-state index >= 15 is 0 Å². The first-order valence-electron chi connectivity index (χ1n) is 5.30. The number of aryl methyl sites for hydroxylation is 1. The van der Waals surface area contributed by atoms with Gasteiger partial charge in [0.25, 0.3) is 0 Å². The number of methoxy groups -OCH3 is 2. The zero-order valence-corrected chi connectivity index (χ0v) is 11.0. The highest BCUT2D eigenvalue weighted by Gasteiger charge is 2.16. The van der Waals surface area contributed by atoms with Crippen LogP contribution in [0.1, 0.15) is 15.9 Å². The molecule has 0 bridgehead atoms. The Bertz CT molecular complexity index is 625. The van der Waals surface area contributed by atoms with Crippen LogP contribution in [0.2, 0.25) is 5.02 Å². The van der Waals surface area contributed by atoms with E-state index < -0.39 is 5.97 Å². The molecule has 2 aromatic rings. The van der Waals surface area contributed by atoms with Crippen molar-refractivity contribution in [2.45, 2.75) is 6.92 Å². The third-order valence-corrected chi connectivity index (χ3v) is 2.86. The van der Waals surface area contributed by atoms with Gasteiger partial charge in [-0.3, -0.25) is 0 Å². The van der Waals surface area contributed by atoms with E-state index in [1.807, 2.05) is 13.0 Å². The molecule has 2 rings (SSSR count). The number of benzene rings is 1. The van der Waals surface area contributed by atoms with Crippen molar-refractivity contribution in [3.05, 3.63) is 34.3 Å². The molecule has 4 nitrogen and oxygen atoms in total. The summed E-state index contributed by atoms with van der Waals surface area (Å²) < 4.78 is 9.81. The Morgan fingerprint density at radius 2 is 2.00 bits per heavy atom. The number of hydrogen-bond donors (Lipinski definition) is 0. The van der Waals surface area contributed by atoms with Crippen molar-refractivity contribution in [1.29, 1.82) is 0 Å². The minimum Gasteiger partial charge on any atom is -0.480 e. The molecule has 0 atom stereocenters. The number of halogens is 1. The molecule has 0 aliphatic heterocycles. The molecule has 94 valence electrons. The number of carbonyl (C=O) groups is 1. The average molecular weight is 266 g/mol. The molecule has 0 saturated heterocycles. The second-order valence-electron chi connectivity index (χ2n) is 3.83. The zero-order chi connectivity index (χ0) is 13.3. The lowest BCUT2D eigenvalue weighted by atomic mass is 10.1. The van der Waals surface area contributed by atoms with Crippen molar-refractivity contribution in [3.8, 4) is 5.88 Å². The maximum Gasteiger partial charge on any atom is 0.343 e. The molecule has 0 saturated carbocycles. The lowest BCUT2D eigenvalue weighted by Crippen LogP contribution is -2.06. The van der Waals surface area contributed by atoms with E-state index in [1.54, 1.807) is 12.1 Å². The SMILES string of the molecule is COC(=O)c1cc2cc(Cl)cc(C)c2nc1OC. The highest BCUT2D eigenvalue weighted by Crippen LogP contribution is 2.27. The van der Waals surface area contributed by atoms with Crippen molar-refractivity contribution in [1.82, 2.24) is 4.98 Å². The van der Waals surface area contributed by atoms with E-state index in [1.165, 1.54) is 14.2 Å². The van der Waals surface area contributed by atoms with E-state index in [9.17, 15) is 4.79 Å². The topological polar surface area (TPSA) is 48.4 Å². The molecule has 0 N–H and O–H groups in total. The summed E-state index contributed by atoms with van der Waals surface area (Å²) in [6, 6.07) is 5.24. The molecule has 0 radical (unpaired) electrons. The minimum atomic E-state index is -0.487. The van der Waals surface area contributed by atoms with E-state index in [2.05, 4.69) is 4.98 Å². The quantitative estimate of drug-likeness (QED) is 0.783. The largest absolute Gasteiger partial charge is 0.480 e. The van der Waals surface area contributed by atoms with Crippen LogP contribution in [-0.4, -0.2) is 25.2 Å².